The summed E-state index contributed by atoms with van der Waals surface area (Å²) in [7, 11) is 4.08. The maximum atomic E-state index is 12.4. The molecule has 5 nitrogen and oxygen atoms in total. The Morgan fingerprint density at radius 1 is 1.32 bits per heavy atom. The zero-order chi connectivity index (χ0) is 15.2. The van der Waals surface area contributed by atoms with Crippen LogP contribution < -0.4 is 4.90 Å². The van der Waals surface area contributed by atoms with Gasteiger partial charge in [-0.15, -0.1) is 0 Å². The van der Waals surface area contributed by atoms with Crippen molar-refractivity contribution in [2.24, 2.45) is 0 Å². The molecule has 1 amide bonds. The minimum absolute atomic E-state index is 0. The minimum Gasteiger partial charge on any atom is -0.540 e. The average Bonchev–Trinajstić information content (AvgIpc) is 2.98. The van der Waals surface area contributed by atoms with Gasteiger partial charge in [-0.25, -0.2) is 6.29 Å². The fraction of sp³-hybridized carbons (Fsp3) is 0.500. The predicted molar refractivity (Wildman–Crippen MR) is 83.0 cm³/mol. The van der Waals surface area contributed by atoms with Crippen LogP contribution in [0.3, 0.4) is 0 Å². The van der Waals surface area contributed by atoms with Gasteiger partial charge in [0.2, 0.25) is 5.91 Å². The molecule has 2 rings (SSSR count). The van der Waals surface area contributed by atoms with Crippen molar-refractivity contribution in [2.75, 3.05) is 45.2 Å². The second kappa shape index (κ2) is 9.38. The third kappa shape index (κ3) is 5.15. The van der Waals surface area contributed by atoms with Crippen LogP contribution in [0.15, 0.2) is 30.3 Å². The van der Waals surface area contributed by atoms with Crippen LogP contribution in [0.5, 0.6) is 0 Å². The van der Waals surface area contributed by atoms with Gasteiger partial charge in [0.25, 0.3) is 0 Å². The second-order valence-corrected chi connectivity index (χ2v) is 5.58. The van der Waals surface area contributed by atoms with Crippen LogP contribution in [0.1, 0.15) is 6.42 Å². The van der Waals surface area contributed by atoms with E-state index in [1.54, 1.807) is 4.90 Å². The van der Waals surface area contributed by atoms with Crippen molar-refractivity contribution in [1.82, 2.24) is 9.80 Å². The molecular formula is C16H22N3O2Y-. The summed E-state index contributed by atoms with van der Waals surface area (Å²) in [6.45, 7) is 1.88. The Kier molecular flexibility index (Phi) is 8.22. The van der Waals surface area contributed by atoms with E-state index in [2.05, 4.69) is 4.90 Å². The van der Waals surface area contributed by atoms with Crippen LogP contribution in [0.4, 0.5) is 5.69 Å². The number of likely N-dealkylation sites (N-methyl/N-ethyl adjacent to an activating group) is 1. The molecule has 1 heterocycles. The van der Waals surface area contributed by atoms with E-state index in [1.807, 2.05) is 55.6 Å². The van der Waals surface area contributed by atoms with Crippen LogP contribution >= 0.6 is 0 Å². The second-order valence-electron chi connectivity index (χ2n) is 5.58. The molecule has 1 atom stereocenters. The molecule has 1 aromatic carbocycles. The van der Waals surface area contributed by atoms with Gasteiger partial charge >= 0.3 is 0 Å². The molecule has 1 aliphatic rings. The largest absolute Gasteiger partial charge is 0.540 e. The average molecular weight is 377 g/mol. The number of anilines is 1. The van der Waals surface area contributed by atoms with Crippen molar-refractivity contribution in [2.45, 2.75) is 12.5 Å². The minimum atomic E-state index is 0. The molecule has 0 N–H and O–H groups in total. The van der Waals surface area contributed by atoms with Crippen molar-refractivity contribution in [3.8, 4) is 0 Å². The topological polar surface area (TPSA) is 43.9 Å². The van der Waals surface area contributed by atoms with Crippen LogP contribution in [-0.2, 0) is 42.3 Å². The Morgan fingerprint density at radius 3 is 2.55 bits per heavy atom. The number of amides is 1. The molecule has 6 heteroatoms. The number of rotatable bonds is 6. The van der Waals surface area contributed by atoms with Crippen LogP contribution in [0.2, 0.25) is 0 Å². The van der Waals surface area contributed by atoms with Crippen LogP contribution in [0, 0.1) is 0 Å². The number of hydrogen-bond donors (Lipinski definition) is 0. The number of benzene rings is 1. The maximum Gasteiger partial charge on any atom is 0.242 e. The molecule has 0 aromatic heterocycles. The van der Waals surface area contributed by atoms with Gasteiger partial charge in [-0.05, 0) is 32.6 Å². The van der Waals surface area contributed by atoms with Gasteiger partial charge < -0.3 is 19.5 Å². The van der Waals surface area contributed by atoms with Gasteiger partial charge in [0.05, 0.1) is 6.54 Å². The molecule has 1 aromatic rings. The molecule has 117 valence electrons. The molecule has 0 spiro atoms. The Bertz CT molecular complexity index is 482. The van der Waals surface area contributed by atoms with E-state index in [1.165, 1.54) is 0 Å². The molecule has 1 unspecified atom stereocenters. The third-order valence-corrected chi connectivity index (χ3v) is 3.95. The third-order valence-electron chi connectivity index (χ3n) is 3.95. The van der Waals surface area contributed by atoms with E-state index in [9.17, 15) is 9.59 Å². The summed E-state index contributed by atoms with van der Waals surface area (Å²) < 4.78 is 0. The van der Waals surface area contributed by atoms with E-state index in [0.717, 1.165) is 25.2 Å². The zero-order valence-electron chi connectivity index (χ0n) is 13.2. The quantitative estimate of drug-likeness (QED) is 0.687. The number of carbonyl (C=O) groups excluding carboxylic acids is 2. The Morgan fingerprint density at radius 2 is 2.00 bits per heavy atom. The van der Waals surface area contributed by atoms with E-state index in [0.29, 0.717) is 6.04 Å². The molecule has 0 bridgehead atoms. The van der Waals surface area contributed by atoms with Gasteiger partial charge in [0.15, 0.2) is 0 Å². The summed E-state index contributed by atoms with van der Waals surface area (Å²) in [5, 5.41) is 0. The van der Waals surface area contributed by atoms with Crippen molar-refractivity contribution >= 4 is 17.9 Å². The number of nitrogens with zero attached hydrogens (tertiary/aromatic N) is 3. The van der Waals surface area contributed by atoms with E-state index in [-0.39, 0.29) is 51.7 Å². The fourth-order valence-electron chi connectivity index (χ4n) is 2.61. The normalized spacial score (nSPS) is 17.2. The number of hydrogen-bond acceptors (Lipinski definition) is 4. The summed E-state index contributed by atoms with van der Waals surface area (Å²) in [6.07, 6.45) is 2.89. The number of carbonyl (C=O) groups is 1. The van der Waals surface area contributed by atoms with E-state index >= 15 is 0 Å². The van der Waals surface area contributed by atoms with Crippen LogP contribution in [-0.4, -0.2) is 68.3 Å². The molecule has 1 radical (unpaired) electrons. The fourth-order valence-corrected chi connectivity index (χ4v) is 2.61. The SMILES string of the molecule is CN(C)C1CCN(C(=O)CN(C[C-]=O)c2ccccc2)C1.[Y]. The predicted octanol–water partition coefficient (Wildman–Crippen LogP) is 0.763. The van der Waals surface area contributed by atoms with E-state index in [4.69, 9.17) is 0 Å². The molecule has 0 aliphatic carbocycles. The first-order valence-corrected chi connectivity index (χ1v) is 7.21. The van der Waals surface area contributed by atoms with Gasteiger partial charge in [0.1, 0.15) is 0 Å². The first-order chi connectivity index (χ1) is 10.1. The summed E-state index contributed by atoms with van der Waals surface area (Å²) >= 11 is 0. The van der Waals surface area contributed by atoms with Crippen molar-refractivity contribution in [1.29, 1.82) is 0 Å². The van der Waals surface area contributed by atoms with Gasteiger partial charge in [0, 0.05) is 57.5 Å². The van der Waals surface area contributed by atoms with Gasteiger partial charge in [-0.3, -0.25) is 4.79 Å². The number of para-hydroxylation sites is 1. The summed E-state index contributed by atoms with van der Waals surface area (Å²) in [5.74, 6) is 0.0680. The Balaban J connectivity index is 0.00000242. The molecule has 1 saturated heterocycles. The van der Waals surface area contributed by atoms with Crippen molar-refractivity contribution in [3.05, 3.63) is 30.3 Å². The number of likely N-dealkylation sites (tertiary alicyclic amines) is 1. The Hall–Kier alpha value is -0.776. The zero-order valence-corrected chi connectivity index (χ0v) is 16.1. The van der Waals surface area contributed by atoms with Crippen molar-refractivity contribution in [3.63, 3.8) is 0 Å². The summed E-state index contributed by atoms with van der Waals surface area (Å²) in [5.41, 5.74) is 0.873. The Labute approximate surface area is 157 Å². The van der Waals surface area contributed by atoms with E-state index < -0.39 is 0 Å². The van der Waals surface area contributed by atoms with Gasteiger partial charge in [-0.2, -0.15) is 0 Å². The molecular weight excluding hydrogens is 355 g/mol. The molecule has 1 fully saturated rings. The first-order valence-electron chi connectivity index (χ1n) is 7.21. The molecule has 0 saturated carbocycles. The molecule has 22 heavy (non-hydrogen) atoms. The monoisotopic (exact) mass is 377 g/mol. The summed E-state index contributed by atoms with van der Waals surface area (Å²) in [6, 6.07) is 9.94. The summed E-state index contributed by atoms with van der Waals surface area (Å²) in [4.78, 5) is 28.9. The molecule has 1 aliphatic heterocycles. The van der Waals surface area contributed by atoms with Crippen molar-refractivity contribution < 1.29 is 42.3 Å². The smallest absolute Gasteiger partial charge is 0.242 e. The first kappa shape index (κ1) is 19.3. The van der Waals surface area contributed by atoms with Gasteiger partial charge in [-0.1, -0.05) is 24.7 Å². The maximum absolute atomic E-state index is 12.4. The standard InChI is InChI=1S/C16H22N3O2.Y/c1-17(2)15-8-9-19(12-15)16(21)13-18(10-11-20)14-6-4-3-5-7-14;/h3-7,15H,8-10,12-13H2,1-2H3;/q-1;. The van der Waals surface area contributed by atoms with Crippen LogP contribution in [0.25, 0.3) is 0 Å².